The zero-order valence-corrected chi connectivity index (χ0v) is 83.0. The van der Waals surface area contributed by atoms with Gasteiger partial charge in [0.2, 0.25) is 17.7 Å². The summed E-state index contributed by atoms with van der Waals surface area (Å²) in [7, 11) is 0. The molecule has 672 valence electrons. The third-order valence-electron chi connectivity index (χ3n) is 19.0. The molecule has 10 aliphatic heterocycles. The van der Waals surface area contributed by atoms with Crippen LogP contribution in [0.2, 0.25) is 0 Å². The molecule has 0 aromatic carbocycles. The fourth-order valence-electron chi connectivity index (χ4n) is 13.4. The van der Waals surface area contributed by atoms with E-state index in [2.05, 4.69) is 267 Å². The first-order chi connectivity index (χ1) is 60.0. The molecule has 8 aromatic rings. The Bertz CT molecular complexity index is 5650. The number of amides is 9. The number of Topliss-reactive ketones (excluding diaryl/α,β-unsaturated/α-hetero) is 1. The standard InChI is InChI=1S/C11H9Br2N5O2.C11H11Br2N5O.C11H13N5O2.C11H11N5O2.C10H12Br2N2O3.C8H6Br2N2O.C6H2Br2Cl3NO.C5H11NO2/c12-5-4-3(6-10(20)18-11(14)17-6)1-2-15-9(19)7(4)16-8(5)13;12-7-6-4(5-3-16-11(14)17-5)1-2-15-10(19)8(6)18-9(7)13;2*12-11-15-8(10(18)16-11)6-2-4-14-9(17)7-5(6)1-3-13-7;11-6-5-7(14-9(6)12)10(15)13-2-1-8-16-3-4-17-8;9-5-4-2-1-3-11-8(13)6(4)12-7(5)10;7-2-1-3(12-5(2)8)4(13)6(9,10)11;6-2-1-5-7-3-4-8-5/h16H,1-2H2,(H,15,19)(H3,14,17,18,20);3-4,18H,1-2H2,(H,15,19)(H3,14,16,17);1,3,6,8,13H,2,4H2,(H,14,17)(H3,12,15,16,18);1,3,13H,2,4H2,(H,14,17)(H3,12,15,16,18);5,8,14H,1-4H2,(H,13,15);1-2,12H,3H2,(H,11,13);1,12H;5H,1-4,6H2/b6-3-;;;8-6-;;;;. The minimum absolute atomic E-state index is 0.0139. The Kier molecular flexibility index (Phi) is 35.2. The van der Waals surface area contributed by atoms with Crippen LogP contribution in [0.1, 0.15) is 157 Å². The van der Waals surface area contributed by atoms with Crippen molar-refractivity contribution in [1.82, 2.24) is 92.7 Å². The van der Waals surface area contributed by atoms with Crippen molar-refractivity contribution in [3.63, 3.8) is 0 Å². The van der Waals surface area contributed by atoms with Gasteiger partial charge in [0.1, 0.15) is 51.6 Å². The number of H-pyrrole nitrogens is 8. The Morgan fingerprint density at radius 2 is 1.06 bits per heavy atom. The predicted molar refractivity (Wildman–Crippen MR) is 503 cm³/mol. The number of ketones is 1. The molecule has 9 amide bonds. The Balaban J connectivity index is 0.000000141. The monoisotopic (exact) mass is 2430 g/mol. The van der Waals surface area contributed by atoms with Gasteiger partial charge in [-0.25, -0.2) is 20.0 Å². The van der Waals surface area contributed by atoms with Crippen molar-refractivity contribution in [2.75, 3.05) is 78.0 Å². The van der Waals surface area contributed by atoms with Crippen molar-refractivity contribution < 1.29 is 66.9 Å². The molecule has 8 aromatic heterocycles. The number of halogens is 13. The van der Waals surface area contributed by atoms with E-state index in [0.29, 0.717) is 160 Å². The molecule has 10 aliphatic rings. The van der Waals surface area contributed by atoms with Crippen molar-refractivity contribution in [3.8, 4) is 0 Å². The van der Waals surface area contributed by atoms with Gasteiger partial charge in [-0.3, -0.25) is 63.9 Å². The van der Waals surface area contributed by atoms with Gasteiger partial charge >= 0.3 is 0 Å². The molecule has 0 radical (unpaired) electrons. The van der Waals surface area contributed by atoms with Crippen LogP contribution in [-0.2, 0) is 33.3 Å². The number of aromatic nitrogens is 9. The smallest absolute Gasteiger partial charge is 0.277 e. The van der Waals surface area contributed by atoms with Crippen molar-refractivity contribution in [1.29, 1.82) is 0 Å². The molecule has 18 heterocycles. The Morgan fingerprint density at radius 3 is 1.63 bits per heavy atom. The fourth-order valence-corrected chi connectivity index (χ4v) is 17.7. The third-order valence-corrected chi connectivity index (χ3v) is 28.9. The first-order valence-corrected chi connectivity index (χ1v) is 46.6. The summed E-state index contributed by atoms with van der Waals surface area (Å²) >= 11 is 49.5. The zero-order valence-electron chi connectivity index (χ0n) is 64.9. The summed E-state index contributed by atoms with van der Waals surface area (Å²) in [5.41, 5.74) is 37.4. The number of carbonyl (C=O) groups excluding carboxylic acids is 10. The van der Waals surface area contributed by atoms with Crippen LogP contribution >= 0.6 is 194 Å². The SMILES string of the molecule is NC1=N/C(=C2/CCNC(=O)c3[nH]c(Br)c(Br)c32)C(=O)N1.NC1=N/C(=C2/CCNC(=O)c3[nH]ccc32)C(=O)N1.NC1=NC(C2CCNC(=O)c3[nH]ccc32)C(=O)N1.NCCC1OCCO1.Nc1ncc(C2CCNC(=O)c3[nH]c(Br)c(Br)c32)[nH]1.O=C(NCCC1OCCO1)c1cc(Br)c(Br)[nH]1.O=C(c1cc(Br)c(Br)[nH]1)C(Cl)(Cl)Cl.O=C1NCC=Cc2c1[nH]c(Br)c2Br. The summed E-state index contributed by atoms with van der Waals surface area (Å²) in [6.07, 6.45) is 12.7. The fraction of sp³-hybridized carbons (Fsp3) is 0.315. The number of imidazole rings is 1. The van der Waals surface area contributed by atoms with Gasteiger partial charge in [0.15, 0.2) is 24.5 Å². The second-order valence-corrected chi connectivity index (χ2v) is 37.6. The lowest BCUT2D eigenvalue weighted by atomic mass is 9.89. The number of ether oxygens (including phenoxy) is 4. The maximum absolute atomic E-state index is 12.0. The van der Waals surface area contributed by atoms with E-state index < -0.39 is 15.6 Å². The van der Waals surface area contributed by atoms with Crippen LogP contribution in [0.4, 0.5) is 5.95 Å². The molecule has 0 saturated carbocycles. The van der Waals surface area contributed by atoms with Crippen LogP contribution in [0.15, 0.2) is 121 Å². The number of aromatic amines is 8. The largest absolute Gasteiger partial charge is 0.370 e. The molecule has 53 heteroatoms. The van der Waals surface area contributed by atoms with E-state index in [4.69, 9.17) is 82.4 Å². The first kappa shape index (κ1) is 98.6. The lowest BCUT2D eigenvalue weighted by molar-refractivity contribution is -0.120. The summed E-state index contributed by atoms with van der Waals surface area (Å²) in [5, 5.41) is 24.1. The second-order valence-electron chi connectivity index (χ2n) is 27.2. The minimum Gasteiger partial charge on any atom is -0.370 e. The molecule has 0 spiro atoms. The predicted octanol–water partition coefficient (Wildman–Crippen LogP) is 9.42. The van der Waals surface area contributed by atoms with Crippen molar-refractivity contribution in [2.45, 2.75) is 72.8 Å². The van der Waals surface area contributed by atoms with Crippen molar-refractivity contribution >= 4 is 294 Å². The molecule has 3 unspecified atom stereocenters. The van der Waals surface area contributed by atoms with Gasteiger partial charge in [-0.1, -0.05) is 47.0 Å². The number of carbonyl (C=O) groups is 10. The molecule has 0 bridgehead atoms. The number of rotatable bonds is 9. The van der Waals surface area contributed by atoms with Crippen molar-refractivity contribution in [3.05, 3.63) is 179 Å². The van der Waals surface area contributed by atoms with E-state index in [1.165, 1.54) is 6.07 Å². The normalized spacial score (nSPS) is 19.9. The summed E-state index contributed by atoms with van der Waals surface area (Å²) in [6, 6.07) is 6.30. The number of fused-ring (bicyclic) bond motifs is 5. The van der Waals surface area contributed by atoms with Crippen LogP contribution < -0.4 is 76.5 Å². The number of guanidine groups is 3. The molecular formula is C73H75Br10Cl3N26O14. The summed E-state index contributed by atoms with van der Waals surface area (Å²) in [5.74, 6) is -1.79. The maximum Gasteiger partial charge on any atom is 0.277 e. The quantitative estimate of drug-likeness (QED) is 0.0363. The maximum atomic E-state index is 12.0. The Morgan fingerprint density at radius 1 is 0.540 bits per heavy atom. The second kappa shape index (κ2) is 45.0. The molecular weight excluding hydrogens is 2370 g/mol. The van der Waals surface area contributed by atoms with E-state index in [1.807, 2.05) is 18.2 Å². The number of nitrogens with two attached hydrogens (primary N) is 5. The lowest BCUT2D eigenvalue weighted by Crippen LogP contribution is -2.35. The summed E-state index contributed by atoms with van der Waals surface area (Å²) in [4.78, 5) is 157. The zero-order chi connectivity index (χ0) is 91.1. The van der Waals surface area contributed by atoms with Gasteiger partial charge in [0.05, 0.1) is 83.7 Å². The van der Waals surface area contributed by atoms with Gasteiger partial charge in [0.25, 0.3) is 57.0 Å². The van der Waals surface area contributed by atoms with E-state index in [9.17, 15) is 47.9 Å². The van der Waals surface area contributed by atoms with Gasteiger partial charge in [-0.15, -0.1) is 0 Å². The molecule has 27 N–H and O–H groups in total. The first-order valence-electron chi connectivity index (χ1n) is 37.5. The summed E-state index contributed by atoms with van der Waals surface area (Å²) < 4.78 is 26.3. The number of hydrogen-bond donors (Lipinski definition) is 22. The molecule has 126 heavy (non-hydrogen) atoms. The molecule has 2 fully saturated rings. The highest BCUT2D eigenvalue weighted by atomic mass is 79.9. The van der Waals surface area contributed by atoms with Crippen molar-refractivity contribution in [2.24, 2.45) is 37.9 Å². The third kappa shape index (κ3) is 24.7. The van der Waals surface area contributed by atoms with Crippen LogP contribution in [0.5, 0.6) is 0 Å². The average molecular weight is 2450 g/mol. The van der Waals surface area contributed by atoms with Crippen LogP contribution in [0.25, 0.3) is 17.2 Å². The average Bonchev–Trinajstić information content (AvgIpc) is 1.67. The molecule has 2 saturated heterocycles. The van der Waals surface area contributed by atoms with E-state index >= 15 is 0 Å². The van der Waals surface area contributed by atoms with E-state index in [0.717, 1.165) is 81.2 Å². The number of anilines is 1. The van der Waals surface area contributed by atoms with Gasteiger partial charge in [-0.05, 0) is 233 Å². The van der Waals surface area contributed by atoms with Crippen LogP contribution in [0, 0.1) is 0 Å². The minimum atomic E-state index is -1.93. The number of nitrogens with zero attached hydrogens (tertiary/aromatic N) is 4. The van der Waals surface area contributed by atoms with E-state index in [-0.39, 0.29) is 113 Å². The van der Waals surface area contributed by atoms with Crippen LogP contribution in [0.3, 0.4) is 0 Å². The number of hydrogen-bond acceptors (Lipinski definition) is 23. The topological polar surface area (TPSA) is 622 Å². The van der Waals surface area contributed by atoms with Crippen LogP contribution in [-0.4, -0.2) is 216 Å². The lowest BCUT2D eigenvalue weighted by Gasteiger charge is -2.17. The molecule has 18 rings (SSSR count). The number of alkyl halides is 3. The highest BCUT2D eigenvalue weighted by molar-refractivity contribution is 9.14. The number of nitrogens with one attached hydrogen (secondary N) is 17. The van der Waals surface area contributed by atoms with Gasteiger partial charge in [-0.2, -0.15) is 0 Å². The van der Waals surface area contributed by atoms with Gasteiger partial charge < -0.3 is 119 Å². The summed E-state index contributed by atoms with van der Waals surface area (Å²) in [6.45, 7) is 6.48. The molecule has 40 nitrogen and oxygen atoms in total. The Labute approximate surface area is 813 Å². The number of nitrogen functional groups attached to an aromatic ring is 1. The highest BCUT2D eigenvalue weighted by Gasteiger charge is 2.40. The Hall–Kier alpha value is -8.03. The van der Waals surface area contributed by atoms with E-state index in [1.54, 1.807) is 30.7 Å². The number of aliphatic imine (C=N–C) groups is 3. The molecule has 0 aliphatic carbocycles. The highest BCUT2D eigenvalue weighted by Crippen LogP contribution is 2.43. The van der Waals surface area contributed by atoms with Gasteiger partial charge in [0, 0.05) is 104 Å². The molecule has 3 atom stereocenters.